The molecule has 0 aliphatic carbocycles. The summed E-state index contributed by atoms with van der Waals surface area (Å²) in [4.78, 5) is 7.82. The highest BCUT2D eigenvalue weighted by atomic mass is 35.5. The molecule has 0 spiro atoms. The van der Waals surface area contributed by atoms with Crippen molar-refractivity contribution in [3.05, 3.63) is 17.5 Å². The Kier molecular flexibility index (Phi) is 4.54. The second kappa shape index (κ2) is 5.75. The zero-order valence-corrected chi connectivity index (χ0v) is 8.42. The first-order chi connectivity index (χ1) is 6.34. The van der Waals surface area contributed by atoms with Crippen molar-refractivity contribution in [2.75, 3.05) is 6.61 Å². The second-order valence-corrected chi connectivity index (χ2v) is 3.07. The molecule has 1 heterocycles. The molecule has 0 saturated carbocycles. The van der Waals surface area contributed by atoms with Crippen LogP contribution in [-0.2, 0) is 0 Å². The molecule has 1 aromatic heterocycles. The molecule has 1 rings (SSSR count). The topological polar surface area (TPSA) is 35.0 Å². The third-order valence-corrected chi connectivity index (χ3v) is 1.87. The van der Waals surface area contributed by atoms with E-state index in [2.05, 4.69) is 16.9 Å². The summed E-state index contributed by atoms with van der Waals surface area (Å²) in [6, 6.07) is 0. The van der Waals surface area contributed by atoms with Crippen molar-refractivity contribution >= 4 is 11.6 Å². The van der Waals surface area contributed by atoms with Crippen molar-refractivity contribution in [1.82, 2.24) is 9.97 Å². The van der Waals surface area contributed by atoms with Crippen LogP contribution in [-0.4, -0.2) is 16.6 Å². The van der Waals surface area contributed by atoms with Gasteiger partial charge < -0.3 is 4.74 Å². The maximum absolute atomic E-state index is 5.74. The minimum Gasteiger partial charge on any atom is -0.475 e. The van der Waals surface area contributed by atoms with Gasteiger partial charge in [-0.3, -0.25) is 0 Å². The number of rotatable bonds is 5. The summed E-state index contributed by atoms with van der Waals surface area (Å²) in [7, 11) is 0. The predicted molar refractivity (Wildman–Crippen MR) is 52.1 cm³/mol. The molecule has 0 atom stereocenters. The maximum atomic E-state index is 5.74. The van der Waals surface area contributed by atoms with E-state index in [4.69, 9.17) is 16.3 Å². The Morgan fingerprint density at radius 3 is 2.77 bits per heavy atom. The molecule has 0 amide bonds. The highest BCUT2D eigenvalue weighted by Crippen LogP contribution is 2.16. The normalized spacial score (nSPS) is 10.0. The molecule has 13 heavy (non-hydrogen) atoms. The van der Waals surface area contributed by atoms with Gasteiger partial charge in [-0.2, -0.15) is 0 Å². The van der Waals surface area contributed by atoms with E-state index in [1.165, 1.54) is 6.42 Å². The van der Waals surface area contributed by atoms with Crippen LogP contribution in [0.25, 0.3) is 0 Å². The van der Waals surface area contributed by atoms with Crippen LogP contribution in [0.2, 0.25) is 5.15 Å². The van der Waals surface area contributed by atoms with Crippen molar-refractivity contribution in [2.24, 2.45) is 0 Å². The number of hydrogen-bond acceptors (Lipinski definition) is 3. The van der Waals surface area contributed by atoms with E-state index in [0.29, 0.717) is 17.6 Å². The molecule has 3 nitrogen and oxygen atoms in total. The summed E-state index contributed by atoms with van der Waals surface area (Å²) in [6.07, 6.45) is 6.49. The number of hydrogen-bond donors (Lipinski definition) is 0. The van der Waals surface area contributed by atoms with E-state index in [0.717, 1.165) is 12.8 Å². The van der Waals surface area contributed by atoms with Gasteiger partial charge in [0.05, 0.1) is 6.61 Å². The first kappa shape index (κ1) is 10.3. The third-order valence-electron chi connectivity index (χ3n) is 1.61. The van der Waals surface area contributed by atoms with Gasteiger partial charge in [0.1, 0.15) is 0 Å². The molecule has 0 unspecified atom stereocenters. The van der Waals surface area contributed by atoms with Crippen molar-refractivity contribution in [1.29, 1.82) is 0 Å². The summed E-state index contributed by atoms with van der Waals surface area (Å²) in [5, 5.41) is 0.332. The van der Waals surface area contributed by atoms with E-state index >= 15 is 0 Å². The molecule has 0 fully saturated rings. The van der Waals surface area contributed by atoms with Gasteiger partial charge in [-0.05, 0) is 6.42 Å². The zero-order valence-electron chi connectivity index (χ0n) is 7.66. The number of unbranched alkanes of at least 4 members (excludes halogenated alkanes) is 2. The Bertz CT molecular complexity index is 255. The van der Waals surface area contributed by atoms with Gasteiger partial charge in [-0.1, -0.05) is 31.4 Å². The van der Waals surface area contributed by atoms with Crippen LogP contribution in [0, 0.1) is 0 Å². The van der Waals surface area contributed by atoms with Gasteiger partial charge >= 0.3 is 0 Å². The lowest BCUT2D eigenvalue weighted by Gasteiger charge is -2.04. The monoisotopic (exact) mass is 200 g/mol. The molecule has 1 aromatic rings. The van der Waals surface area contributed by atoms with E-state index in [9.17, 15) is 0 Å². The molecule has 0 saturated heterocycles. The van der Waals surface area contributed by atoms with Crippen molar-refractivity contribution in [2.45, 2.75) is 26.2 Å². The minimum atomic E-state index is 0.332. The van der Waals surface area contributed by atoms with Gasteiger partial charge in [0.2, 0.25) is 0 Å². The Morgan fingerprint density at radius 2 is 2.08 bits per heavy atom. The Balaban J connectivity index is 2.32. The van der Waals surface area contributed by atoms with Gasteiger partial charge in [0, 0.05) is 12.4 Å². The minimum absolute atomic E-state index is 0.332. The van der Waals surface area contributed by atoms with Crippen molar-refractivity contribution in [3.63, 3.8) is 0 Å². The van der Waals surface area contributed by atoms with E-state index in [-0.39, 0.29) is 0 Å². The summed E-state index contributed by atoms with van der Waals surface area (Å²) >= 11 is 5.74. The number of nitrogens with zero attached hydrogens (tertiary/aromatic N) is 2. The lowest BCUT2D eigenvalue weighted by atomic mass is 10.3. The smallest absolute Gasteiger partial charge is 0.252 e. The molecule has 0 aliphatic rings. The lowest BCUT2D eigenvalue weighted by Crippen LogP contribution is -1.99. The van der Waals surface area contributed by atoms with Gasteiger partial charge in [-0.25, -0.2) is 9.97 Å². The first-order valence-electron chi connectivity index (χ1n) is 4.44. The largest absolute Gasteiger partial charge is 0.475 e. The highest BCUT2D eigenvalue weighted by molar-refractivity contribution is 6.30. The summed E-state index contributed by atoms with van der Waals surface area (Å²) < 4.78 is 5.33. The Morgan fingerprint density at radius 1 is 1.31 bits per heavy atom. The Labute approximate surface area is 83.1 Å². The van der Waals surface area contributed by atoms with E-state index < -0.39 is 0 Å². The first-order valence-corrected chi connectivity index (χ1v) is 4.81. The molecular formula is C9H13ClN2O. The van der Waals surface area contributed by atoms with Crippen molar-refractivity contribution < 1.29 is 4.74 Å². The average Bonchev–Trinajstić information content (AvgIpc) is 2.15. The molecule has 0 aromatic carbocycles. The fourth-order valence-corrected chi connectivity index (χ4v) is 1.09. The molecule has 72 valence electrons. The molecule has 0 bridgehead atoms. The molecule has 0 aliphatic heterocycles. The fraction of sp³-hybridized carbons (Fsp3) is 0.556. The van der Waals surface area contributed by atoms with Gasteiger partial charge in [0.25, 0.3) is 5.88 Å². The van der Waals surface area contributed by atoms with Crippen LogP contribution in [0.15, 0.2) is 12.4 Å². The lowest BCUT2D eigenvalue weighted by molar-refractivity contribution is 0.294. The SMILES string of the molecule is CCCCCOc1nccnc1Cl. The predicted octanol–water partition coefficient (Wildman–Crippen LogP) is 2.70. The average molecular weight is 201 g/mol. The van der Waals surface area contributed by atoms with Gasteiger partial charge in [-0.15, -0.1) is 0 Å². The number of aromatic nitrogens is 2. The van der Waals surface area contributed by atoms with Crippen LogP contribution in [0.1, 0.15) is 26.2 Å². The third kappa shape index (κ3) is 3.59. The van der Waals surface area contributed by atoms with Crippen LogP contribution < -0.4 is 4.74 Å². The summed E-state index contributed by atoms with van der Waals surface area (Å²) in [5.74, 6) is 0.431. The standard InChI is InChI=1S/C9H13ClN2O/c1-2-3-4-7-13-9-8(10)11-5-6-12-9/h5-6H,2-4,7H2,1H3. The molecule has 0 radical (unpaired) electrons. The second-order valence-electron chi connectivity index (χ2n) is 2.71. The Hall–Kier alpha value is -0.830. The molecular weight excluding hydrogens is 188 g/mol. The number of ether oxygens (including phenoxy) is 1. The quantitative estimate of drug-likeness (QED) is 0.686. The maximum Gasteiger partial charge on any atom is 0.252 e. The number of halogens is 1. The van der Waals surface area contributed by atoms with E-state index in [1.807, 2.05) is 0 Å². The molecule has 0 N–H and O–H groups in total. The van der Waals surface area contributed by atoms with Crippen LogP contribution in [0.5, 0.6) is 5.88 Å². The summed E-state index contributed by atoms with van der Waals surface area (Å²) in [5.41, 5.74) is 0. The van der Waals surface area contributed by atoms with Gasteiger partial charge in [0.15, 0.2) is 5.15 Å². The fourth-order valence-electron chi connectivity index (χ4n) is 0.926. The highest BCUT2D eigenvalue weighted by Gasteiger charge is 2.01. The van der Waals surface area contributed by atoms with Crippen LogP contribution >= 0.6 is 11.6 Å². The van der Waals surface area contributed by atoms with Crippen LogP contribution in [0.3, 0.4) is 0 Å². The van der Waals surface area contributed by atoms with Crippen LogP contribution in [0.4, 0.5) is 0 Å². The zero-order chi connectivity index (χ0) is 9.52. The van der Waals surface area contributed by atoms with Crippen molar-refractivity contribution in [3.8, 4) is 5.88 Å². The molecule has 4 heteroatoms. The summed E-state index contributed by atoms with van der Waals surface area (Å²) in [6.45, 7) is 2.81. The van der Waals surface area contributed by atoms with E-state index in [1.54, 1.807) is 12.4 Å².